The Balaban J connectivity index is 2.49. The lowest BCUT2D eigenvalue weighted by Gasteiger charge is -2.18. The second-order valence-electron chi connectivity index (χ2n) is 3.76. The van der Waals surface area contributed by atoms with Crippen LogP contribution in [0.4, 0.5) is 0 Å². The largest absolute Gasteiger partial charge is 0.330 e. The fourth-order valence-corrected chi connectivity index (χ4v) is 1.99. The Labute approximate surface area is 73.9 Å². The summed E-state index contributed by atoms with van der Waals surface area (Å²) in [7, 11) is 2.09. The highest BCUT2D eigenvalue weighted by Crippen LogP contribution is 2.22. The summed E-state index contributed by atoms with van der Waals surface area (Å²) in [5.74, 6) is 0.838. The molecular weight excluding hydrogens is 152 g/mol. The highest BCUT2D eigenvalue weighted by atomic mass is 16.1. The van der Waals surface area contributed by atoms with Gasteiger partial charge in [0.05, 0.1) is 0 Å². The molecule has 1 rings (SSSR count). The van der Waals surface area contributed by atoms with Gasteiger partial charge < -0.3 is 10.6 Å². The number of hydrogen-bond donors (Lipinski definition) is 1. The van der Waals surface area contributed by atoms with E-state index in [0.717, 1.165) is 19.5 Å². The van der Waals surface area contributed by atoms with Gasteiger partial charge in [-0.05, 0) is 32.9 Å². The van der Waals surface area contributed by atoms with Crippen molar-refractivity contribution in [3.05, 3.63) is 0 Å². The third-order valence-electron chi connectivity index (χ3n) is 2.77. The average Bonchev–Trinajstić information content (AvgIpc) is 2.37. The molecule has 0 radical (unpaired) electrons. The summed E-state index contributed by atoms with van der Waals surface area (Å²) in [5.41, 5.74) is 5.56. The van der Waals surface area contributed by atoms with Crippen LogP contribution in [0.3, 0.4) is 0 Å². The van der Waals surface area contributed by atoms with Gasteiger partial charge in [0.25, 0.3) is 0 Å². The van der Waals surface area contributed by atoms with E-state index in [-0.39, 0.29) is 11.7 Å². The molecule has 0 aromatic heterocycles. The van der Waals surface area contributed by atoms with E-state index in [9.17, 15) is 4.79 Å². The molecule has 12 heavy (non-hydrogen) atoms. The van der Waals surface area contributed by atoms with Crippen LogP contribution in [0.1, 0.15) is 13.3 Å². The van der Waals surface area contributed by atoms with E-state index in [2.05, 4.69) is 11.9 Å². The number of nitrogens with two attached hydrogens (primary N) is 1. The number of carbonyl (C=O) groups is 1. The van der Waals surface area contributed by atoms with Gasteiger partial charge in [0.2, 0.25) is 0 Å². The molecule has 1 fully saturated rings. The van der Waals surface area contributed by atoms with Gasteiger partial charge in [-0.25, -0.2) is 0 Å². The van der Waals surface area contributed by atoms with Gasteiger partial charge in [-0.2, -0.15) is 0 Å². The lowest BCUT2D eigenvalue weighted by atomic mass is 9.89. The number of Topliss-reactive ketones (excluding diaryl/α,β-unsaturated/α-hetero) is 1. The van der Waals surface area contributed by atoms with Crippen molar-refractivity contribution in [3.8, 4) is 0 Å². The van der Waals surface area contributed by atoms with E-state index in [1.807, 2.05) is 0 Å². The van der Waals surface area contributed by atoms with Gasteiger partial charge in [-0.15, -0.1) is 0 Å². The SMILES string of the molecule is CC(=O)C(CN)C1CCN(C)C1. The standard InChI is InChI=1S/C9H18N2O/c1-7(12)9(5-10)8-3-4-11(2)6-8/h8-9H,3-6,10H2,1-2H3. The van der Waals surface area contributed by atoms with Crippen LogP contribution in [-0.4, -0.2) is 37.4 Å². The average molecular weight is 170 g/mol. The highest BCUT2D eigenvalue weighted by molar-refractivity contribution is 5.78. The zero-order valence-corrected chi connectivity index (χ0v) is 7.92. The van der Waals surface area contributed by atoms with Crippen LogP contribution in [-0.2, 0) is 4.79 Å². The first kappa shape index (κ1) is 9.68. The van der Waals surface area contributed by atoms with E-state index in [1.54, 1.807) is 6.92 Å². The quantitative estimate of drug-likeness (QED) is 0.653. The first-order chi connectivity index (χ1) is 5.65. The molecule has 1 heterocycles. The van der Waals surface area contributed by atoms with Crippen LogP contribution in [0, 0.1) is 11.8 Å². The van der Waals surface area contributed by atoms with Crippen molar-refractivity contribution in [3.63, 3.8) is 0 Å². The minimum Gasteiger partial charge on any atom is -0.330 e. The minimum absolute atomic E-state index is 0.0925. The summed E-state index contributed by atoms with van der Waals surface area (Å²) in [5, 5.41) is 0. The molecule has 2 atom stereocenters. The van der Waals surface area contributed by atoms with E-state index in [0.29, 0.717) is 12.5 Å². The molecule has 0 bridgehead atoms. The normalized spacial score (nSPS) is 27.4. The maximum atomic E-state index is 11.2. The molecule has 0 aromatic carbocycles. The van der Waals surface area contributed by atoms with Crippen molar-refractivity contribution < 1.29 is 4.79 Å². The topological polar surface area (TPSA) is 46.3 Å². The van der Waals surface area contributed by atoms with Crippen molar-refractivity contribution in [1.29, 1.82) is 0 Å². The van der Waals surface area contributed by atoms with Gasteiger partial charge in [0, 0.05) is 19.0 Å². The number of likely N-dealkylation sites (tertiary alicyclic amines) is 1. The zero-order valence-electron chi connectivity index (χ0n) is 7.92. The number of carbonyl (C=O) groups excluding carboxylic acids is 1. The number of hydrogen-bond acceptors (Lipinski definition) is 3. The Bertz CT molecular complexity index is 170. The van der Waals surface area contributed by atoms with Gasteiger partial charge in [0.15, 0.2) is 0 Å². The van der Waals surface area contributed by atoms with Crippen molar-refractivity contribution in [2.75, 3.05) is 26.7 Å². The van der Waals surface area contributed by atoms with Crippen molar-refractivity contribution in [2.24, 2.45) is 17.6 Å². The summed E-state index contributed by atoms with van der Waals surface area (Å²) in [4.78, 5) is 13.4. The Morgan fingerprint density at radius 1 is 1.75 bits per heavy atom. The summed E-state index contributed by atoms with van der Waals surface area (Å²) >= 11 is 0. The van der Waals surface area contributed by atoms with E-state index < -0.39 is 0 Å². The Kier molecular flexibility index (Phi) is 3.23. The molecular formula is C9H18N2O. The molecule has 70 valence electrons. The summed E-state index contributed by atoms with van der Waals surface area (Å²) in [6.45, 7) is 4.29. The monoisotopic (exact) mass is 170 g/mol. The third-order valence-corrected chi connectivity index (χ3v) is 2.77. The van der Waals surface area contributed by atoms with E-state index in [1.165, 1.54) is 0 Å². The second-order valence-corrected chi connectivity index (χ2v) is 3.76. The molecule has 0 amide bonds. The molecule has 3 heteroatoms. The molecule has 1 saturated heterocycles. The smallest absolute Gasteiger partial charge is 0.134 e. The third kappa shape index (κ3) is 2.05. The molecule has 1 aliphatic heterocycles. The first-order valence-corrected chi connectivity index (χ1v) is 4.54. The van der Waals surface area contributed by atoms with Crippen LogP contribution < -0.4 is 5.73 Å². The van der Waals surface area contributed by atoms with Crippen LogP contribution in [0.25, 0.3) is 0 Å². The molecule has 3 nitrogen and oxygen atoms in total. The predicted molar refractivity (Wildman–Crippen MR) is 48.8 cm³/mol. The predicted octanol–water partition coefficient (Wildman–Crippen LogP) is 0.102. The lowest BCUT2D eigenvalue weighted by molar-refractivity contribution is -0.121. The number of ketones is 1. The van der Waals surface area contributed by atoms with E-state index in [4.69, 9.17) is 5.73 Å². The first-order valence-electron chi connectivity index (χ1n) is 4.54. The Morgan fingerprint density at radius 3 is 2.75 bits per heavy atom. The fourth-order valence-electron chi connectivity index (χ4n) is 1.99. The lowest BCUT2D eigenvalue weighted by Crippen LogP contribution is -2.31. The van der Waals surface area contributed by atoms with Crippen molar-refractivity contribution in [1.82, 2.24) is 4.90 Å². The molecule has 2 unspecified atom stereocenters. The molecule has 2 N–H and O–H groups in total. The fraction of sp³-hybridized carbons (Fsp3) is 0.889. The van der Waals surface area contributed by atoms with Gasteiger partial charge in [-0.3, -0.25) is 4.79 Å². The van der Waals surface area contributed by atoms with Crippen LogP contribution >= 0.6 is 0 Å². The second kappa shape index (κ2) is 4.01. The minimum atomic E-state index is 0.0925. The Morgan fingerprint density at radius 2 is 2.42 bits per heavy atom. The molecule has 0 saturated carbocycles. The number of rotatable bonds is 3. The number of nitrogens with zero attached hydrogens (tertiary/aromatic N) is 1. The van der Waals surface area contributed by atoms with Gasteiger partial charge >= 0.3 is 0 Å². The molecule has 0 spiro atoms. The van der Waals surface area contributed by atoms with Crippen LogP contribution in [0.15, 0.2) is 0 Å². The Hall–Kier alpha value is -0.410. The highest BCUT2D eigenvalue weighted by Gasteiger charge is 2.29. The van der Waals surface area contributed by atoms with Crippen molar-refractivity contribution >= 4 is 5.78 Å². The molecule has 0 aromatic rings. The maximum Gasteiger partial charge on any atom is 0.134 e. The molecule has 0 aliphatic carbocycles. The maximum absolute atomic E-state index is 11.2. The van der Waals surface area contributed by atoms with Crippen LogP contribution in [0.2, 0.25) is 0 Å². The molecule has 1 aliphatic rings. The summed E-state index contributed by atoms with van der Waals surface area (Å²) in [6.07, 6.45) is 1.12. The van der Waals surface area contributed by atoms with Crippen LogP contribution in [0.5, 0.6) is 0 Å². The zero-order chi connectivity index (χ0) is 9.14. The van der Waals surface area contributed by atoms with E-state index >= 15 is 0 Å². The van der Waals surface area contributed by atoms with Crippen molar-refractivity contribution in [2.45, 2.75) is 13.3 Å². The summed E-state index contributed by atoms with van der Waals surface area (Å²) in [6, 6.07) is 0. The summed E-state index contributed by atoms with van der Waals surface area (Å²) < 4.78 is 0. The van der Waals surface area contributed by atoms with Gasteiger partial charge in [0.1, 0.15) is 5.78 Å². The van der Waals surface area contributed by atoms with Gasteiger partial charge in [-0.1, -0.05) is 0 Å².